The molecule has 0 amide bonds. The average molecular weight is 302 g/mol. The normalized spacial score (nSPS) is 10.8. The lowest BCUT2D eigenvalue weighted by Crippen LogP contribution is -2.13. The van der Waals surface area contributed by atoms with Gasteiger partial charge in [-0.05, 0) is 37.0 Å². The fourth-order valence-electron chi connectivity index (χ4n) is 2.02. The molecular formula is C17H23FN4. The van der Waals surface area contributed by atoms with E-state index in [2.05, 4.69) is 34.4 Å². The minimum absolute atomic E-state index is 0.205. The smallest absolute Gasteiger partial charge is 0.224 e. The highest BCUT2D eigenvalue weighted by Crippen LogP contribution is 2.11. The number of nitrogens with zero attached hydrogens (tertiary/aromatic N) is 2. The molecular weight excluding hydrogens is 279 g/mol. The Morgan fingerprint density at radius 1 is 1.09 bits per heavy atom. The van der Waals surface area contributed by atoms with Crippen LogP contribution < -0.4 is 10.6 Å². The van der Waals surface area contributed by atoms with Crippen molar-refractivity contribution in [3.63, 3.8) is 0 Å². The summed E-state index contributed by atoms with van der Waals surface area (Å²) < 4.78 is 12.9. The topological polar surface area (TPSA) is 49.8 Å². The fourth-order valence-corrected chi connectivity index (χ4v) is 2.02. The van der Waals surface area contributed by atoms with E-state index in [1.807, 2.05) is 13.0 Å². The van der Waals surface area contributed by atoms with Crippen molar-refractivity contribution in [2.75, 3.05) is 23.7 Å². The highest BCUT2D eigenvalue weighted by atomic mass is 19.1. The molecule has 0 aliphatic rings. The number of aryl methyl sites for hydroxylation is 1. The van der Waals surface area contributed by atoms with Crippen molar-refractivity contribution < 1.29 is 4.39 Å². The standard InChI is InChI=1S/C17H23FN4/c1-12(2)11-20-17-21-13(3)10-16(22-17)19-9-8-14-4-6-15(18)7-5-14/h4-7,10,12H,8-9,11H2,1-3H3,(H2,19,20,21,22). The Morgan fingerprint density at radius 3 is 2.50 bits per heavy atom. The van der Waals surface area contributed by atoms with Crippen molar-refractivity contribution >= 4 is 11.8 Å². The summed E-state index contributed by atoms with van der Waals surface area (Å²) in [5.41, 5.74) is 2.02. The van der Waals surface area contributed by atoms with Crippen LogP contribution in [0.1, 0.15) is 25.1 Å². The summed E-state index contributed by atoms with van der Waals surface area (Å²) in [6.45, 7) is 7.83. The number of hydrogen-bond acceptors (Lipinski definition) is 4. The molecule has 1 aromatic heterocycles. The van der Waals surface area contributed by atoms with Crippen molar-refractivity contribution in [2.24, 2.45) is 5.92 Å². The molecule has 0 radical (unpaired) electrons. The van der Waals surface area contributed by atoms with Crippen LogP contribution >= 0.6 is 0 Å². The summed E-state index contributed by atoms with van der Waals surface area (Å²) in [6.07, 6.45) is 0.818. The van der Waals surface area contributed by atoms with Gasteiger partial charge in [0.15, 0.2) is 0 Å². The highest BCUT2D eigenvalue weighted by Gasteiger charge is 2.03. The van der Waals surface area contributed by atoms with Gasteiger partial charge in [-0.25, -0.2) is 9.37 Å². The summed E-state index contributed by atoms with van der Waals surface area (Å²) in [5, 5.41) is 6.53. The zero-order valence-electron chi connectivity index (χ0n) is 13.4. The van der Waals surface area contributed by atoms with E-state index in [9.17, 15) is 4.39 Å². The summed E-state index contributed by atoms with van der Waals surface area (Å²) in [6, 6.07) is 8.50. The molecule has 1 heterocycles. The second kappa shape index (κ2) is 7.73. The van der Waals surface area contributed by atoms with E-state index < -0.39 is 0 Å². The molecule has 0 bridgehead atoms. The summed E-state index contributed by atoms with van der Waals surface area (Å²) in [4.78, 5) is 8.84. The summed E-state index contributed by atoms with van der Waals surface area (Å²) >= 11 is 0. The van der Waals surface area contributed by atoms with Crippen molar-refractivity contribution in [2.45, 2.75) is 27.2 Å². The van der Waals surface area contributed by atoms with Crippen molar-refractivity contribution in [3.05, 3.63) is 47.4 Å². The molecule has 0 unspecified atom stereocenters. The Hall–Kier alpha value is -2.17. The van der Waals surface area contributed by atoms with Gasteiger partial charge in [0.2, 0.25) is 5.95 Å². The molecule has 0 aliphatic heterocycles. The number of hydrogen-bond donors (Lipinski definition) is 2. The van der Waals surface area contributed by atoms with Gasteiger partial charge in [0.05, 0.1) is 0 Å². The van der Waals surface area contributed by atoms with Crippen LogP contribution in [-0.2, 0) is 6.42 Å². The number of aromatic nitrogens is 2. The van der Waals surface area contributed by atoms with E-state index in [1.165, 1.54) is 12.1 Å². The first-order valence-electron chi connectivity index (χ1n) is 7.61. The Morgan fingerprint density at radius 2 is 1.82 bits per heavy atom. The molecule has 0 spiro atoms. The van der Waals surface area contributed by atoms with E-state index in [-0.39, 0.29) is 5.82 Å². The number of nitrogens with one attached hydrogen (secondary N) is 2. The number of benzene rings is 1. The van der Waals surface area contributed by atoms with E-state index in [0.717, 1.165) is 36.6 Å². The molecule has 0 saturated heterocycles. The molecule has 118 valence electrons. The lowest BCUT2D eigenvalue weighted by molar-refractivity contribution is 0.627. The van der Waals surface area contributed by atoms with E-state index in [4.69, 9.17) is 0 Å². The summed E-state index contributed by atoms with van der Waals surface area (Å²) in [7, 11) is 0. The number of rotatable bonds is 7. The average Bonchev–Trinajstić information content (AvgIpc) is 2.47. The van der Waals surface area contributed by atoms with Crippen molar-refractivity contribution in [1.82, 2.24) is 9.97 Å². The van der Waals surface area contributed by atoms with E-state index in [1.54, 1.807) is 12.1 Å². The second-order valence-corrected chi connectivity index (χ2v) is 5.80. The molecule has 0 saturated carbocycles. The first-order valence-corrected chi connectivity index (χ1v) is 7.61. The van der Waals surface area contributed by atoms with Gasteiger partial charge in [0, 0.05) is 24.8 Å². The Labute approximate surface area is 131 Å². The maximum atomic E-state index is 12.9. The fraction of sp³-hybridized carbons (Fsp3) is 0.412. The maximum absolute atomic E-state index is 12.9. The van der Waals surface area contributed by atoms with Gasteiger partial charge in [0.25, 0.3) is 0 Å². The van der Waals surface area contributed by atoms with E-state index in [0.29, 0.717) is 11.9 Å². The van der Waals surface area contributed by atoms with Gasteiger partial charge in [-0.1, -0.05) is 26.0 Å². The molecule has 1 aromatic carbocycles. The first kappa shape index (κ1) is 16.2. The van der Waals surface area contributed by atoms with Crippen LogP contribution in [0.15, 0.2) is 30.3 Å². The van der Waals surface area contributed by atoms with Gasteiger partial charge in [0.1, 0.15) is 11.6 Å². The van der Waals surface area contributed by atoms with E-state index >= 15 is 0 Å². The second-order valence-electron chi connectivity index (χ2n) is 5.80. The predicted molar refractivity (Wildman–Crippen MR) is 88.7 cm³/mol. The lowest BCUT2D eigenvalue weighted by Gasteiger charge is -2.11. The minimum Gasteiger partial charge on any atom is -0.370 e. The van der Waals surface area contributed by atoms with Crippen LogP contribution in [-0.4, -0.2) is 23.1 Å². The zero-order valence-corrected chi connectivity index (χ0v) is 13.4. The molecule has 0 aliphatic carbocycles. The van der Waals surface area contributed by atoms with Gasteiger partial charge in [-0.2, -0.15) is 4.98 Å². The third kappa shape index (κ3) is 5.31. The van der Waals surface area contributed by atoms with Gasteiger partial charge < -0.3 is 10.6 Å². The predicted octanol–water partition coefficient (Wildman–Crippen LogP) is 3.65. The SMILES string of the molecule is Cc1cc(NCCc2ccc(F)cc2)nc(NCC(C)C)n1. The molecule has 5 heteroatoms. The third-order valence-corrected chi connectivity index (χ3v) is 3.16. The minimum atomic E-state index is -0.205. The van der Waals surface area contributed by atoms with Crippen LogP contribution in [0.3, 0.4) is 0 Å². The van der Waals surface area contributed by atoms with Gasteiger partial charge in [-0.3, -0.25) is 0 Å². The maximum Gasteiger partial charge on any atom is 0.224 e. The van der Waals surface area contributed by atoms with Crippen LogP contribution in [0, 0.1) is 18.7 Å². The quantitative estimate of drug-likeness (QED) is 0.820. The van der Waals surface area contributed by atoms with Crippen LogP contribution in [0.25, 0.3) is 0 Å². The van der Waals surface area contributed by atoms with Crippen LogP contribution in [0.2, 0.25) is 0 Å². The van der Waals surface area contributed by atoms with Gasteiger partial charge in [-0.15, -0.1) is 0 Å². The lowest BCUT2D eigenvalue weighted by atomic mass is 10.1. The number of anilines is 2. The van der Waals surface area contributed by atoms with Crippen molar-refractivity contribution in [1.29, 1.82) is 0 Å². The molecule has 2 N–H and O–H groups in total. The Kier molecular flexibility index (Phi) is 5.69. The molecule has 0 atom stereocenters. The zero-order chi connectivity index (χ0) is 15.9. The molecule has 4 nitrogen and oxygen atoms in total. The Bertz CT molecular complexity index is 596. The Balaban J connectivity index is 1.90. The monoisotopic (exact) mass is 302 g/mol. The number of halogens is 1. The largest absolute Gasteiger partial charge is 0.370 e. The molecule has 2 rings (SSSR count). The van der Waals surface area contributed by atoms with Crippen molar-refractivity contribution in [3.8, 4) is 0 Å². The highest BCUT2D eigenvalue weighted by molar-refractivity contribution is 5.42. The van der Waals surface area contributed by atoms with Crippen LogP contribution in [0.5, 0.6) is 0 Å². The third-order valence-electron chi connectivity index (χ3n) is 3.16. The molecule has 2 aromatic rings. The molecule has 0 fully saturated rings. The first-order chi connectivity index (χ1) is 10.5. The van der Waals surface area contributed by atoms with Crippen LogP contribution in [0.4, 0.5) is 16.2 Å². The molecule has 22 heavy (non-hydrogen) atoms. The van der Waals surface area contributed by atoms with Gasteiger partial charge >= 0.3 is 0 Å². The summed E-state index contributed by atoms with van der Waals surface area (Å²) in [5.74, 6) is 1.79.